The number of hydrogen-bond donors (Lipinski definition) is 0. The van der Waals surface area contributed by atoms with E-state index in [1.54, 1.807) is 0 Å². The summed E-state index contributed by atoms with van der Waals surface area (Å²) in [6, 6.07) is 8.72. The van der Waals surface area contributed by atoms with Crippen molar-refractivity contribution in [2.45, 2.75) is 38.8 Å². The van der Waals surface area contributed by atoms with Gasteiger partial charge in [0.1, 0.15) is 11.6 Å². The number of ether oxygens (including phenoxy) is 1. The average molecular weight is 370 g/mol. The van der Waals surface area contributed by atoms with Gasteiger partial charge in [-0.3, -0.25) is 9.80 Å². The molecule has 0 aliphatic carbocycles. The van der Waals surface area contributed by atoms with Crippen molar-refractivity contribution in [1.29, 1.82) is 0 Å². The Morgan fingerprint density at radius 1 is 0.963 bits per heavy atom. The molecule has 0 bridgehead atoms. The molecule has 2 fully saturated rings. The Hall–Kier alpha value is -1.76. The van der Waals surface area contributed by atoms with Gasteiger partial charge in [-0.05, 0) is 44.0 Å². The Bertz CT molecular complexity index is 745. The molecule has 0 N–H and O–H groups in total. The number of hydrogen-bond acceptors (Lipinski definition) is 5. The van der Waals surface area contributed by atoms with E-state index in [2.05, 4.69) is 62.8 Å². The average Bonchev–Trinajstić information content (AvgIpc) is 3.05. The molecule has 0 unspecified atom stereocenters. The van der Waals surface area contributed by atoms with E-state index < -0.39 is 0 Å². The molecule has 0 saturated carbocycles. The van der Waals surface area contributed by atoms with Crippen molar-refractivity contribution < 1.29 is 4.74 Å². The predicted molar refractivity (Wildman–Crippen MR) is 106 cm³/mol. The van der Waals surface area contributed by atoms with Crippen molar-refractivity contribution in [3.8, 4) is 0 Å². The van der Waals surface area contributed by atoms with Crippen LogP contribution in [0.1, 0.15) is 41.5 Å². The number of aromatic nitrogens is 3. The first-order chi connectivity index (χ1) is 13.2. The van der Waals surface area contributed by atoms with E-state index in [1.165, 1.54) is 11.1 Å². The van der Waals surface area contributed by atoms with Crippen LogP contribution in [0.25, 0.3) is 0 Å². The Kier molecular flexibility index (Phi) is 5.86. The number of aryl methyl sites for hydroxylation is 1. The zero-order chi connectivity index (χ0) is 18.6. The van der Waals surface area contributed by atoms with Gasteiger partial charge in [-0.2, -0.15) is 0 Å². The quantitative estimate of drug-likeness (QED) is 0.810. The van der Waals surface area contributed by atoms with Gasteiger partial charge in [0.15, 0.2) is 0 Å². The minimum Gasteiger partial charge on any atom is -0.379 e. The normalized spacial score (nSPS) is 20.2. The van der Waals surface area contributed by atoms with Gasteiger partial charge in [-0.25, -0.2) is 0 Å². The fourth-order valence-corrected chi connectivity index (χ4v) is 4.21. The van der Waals surface area contributed by atoms with Crippen LogP contribution in [0.5, 0.6) is 0 Å². The zero-order valence-corrected chi connectivity index (χ0v) is 16.6. The molecule has 4 rings (SSSR count). The van der Waals surface area contributed by atoms with Crippen molar-refractivity contribution in [2.75, 3.05) is 39.4 Å². The fraction of sp³-hybridized carbons (Fsp3) is 0.619. The summed E-state index contributed by atoms with van der Waals surface area (Å²) >= 11 is 0. The molecule has 1 aromatic carbocycles. The highest BCUT2D eigenvalue weighted by atomic mass is 16.5. The smallest absolute Gasteiger partial charge is 0.146 e. The predicted octanol–water partition coefficient (Wildman–Crippen LogP) is 2.34. The van der Waals surface area contributed by atoms with Crippen LogP contribution < -0.4 is 0 Å². The maximum atomic E-state index is 5.44. The maximum absolute atomic E-state index is 5.44. The molecule has 2 saturated heterocycles. The molecule has 6 heteroatoms. The highest BCUT2D eigenvalue weighted by Gasteiger charge is 2.26. The second-order valence-electron chi connectivity index (χ2n) is 7.90. The van der Waals surface area contributed by atoms with Crippen LogP contribution >= 0.6 is 0 Å². The second kappa shape index (κ2) is 8.50. The van der Waals surface area contributed by atoms with Crippen LogP contribution in [-0.4, -0.2) is 64.0 Å². The van der Waals surface area contributed by atoms with Crippen LogP contribution in [0.2, 0.25) is 0 Å². The first-order valence-corrected chi connectivity index (χ1v) is 10.2. The lowest BCUT2D eigenvalue weighted by Gasteiger charge is -2.32. The molecule has 3 heterocycles. The summed E-state index contributed by atoms with van der Waals surface area (Å²) in [6.07, 6.45) is 2.32. The van der Waals surface area contributed by atoms with E-state index in [-0.39, 0.29) is 0 Å². The molecule has 1 aromatic heterocycles. The maximum Gasteiger partial charge on any atom is 0.146 e. The van der Waals surface area contributed by atoms with Gasteiger partial charge in [-0.1, -0.05) is 24.3 Å². The summed E-state index contributed by atoms with van der Waals surface area (Å²) in [5.41, 5.74) is 2.84. The van der Waals surface area contributed by atoms with Crippen molar-refractivity contribution >= 4 is 0 Å². The molecule has 146 valence electrons. The summed E-state index contributed by atoms with van der Waals surface area (Å²) in [6.45, 7) is 10.0. The Morgan fingerprint density at radius 3 is 2.41 bits per heavy atom. The Balaban J connectivity index is 1.33. The van der Waals surface area contributed by atoms with Crippen molar-refractivity contribution in [2.24, 2.45) is 7.05 Å². The summed E-state index contributed by atoms with van der Waals surface area (Å²) < 4.78 is 7.67. The molecular formula is C21H31N5O. The molecular weight excluding hydrogens is 338 g/mol. The van der Waals surface area contributed by atoms with Crippen molar-refractivity contribution in [3.05, 3.63) is 47.0 Å². The third-order valence-corrected chi connectivity index (χ3v) is 6.08. The van der Waals surface area contributed by atoms with Gasteiger partial charge in [0.25, 0.3) is 0 Å². The fourth-order valence-electron chi connectivity index (χ4n) is 4.21. The number of morpholine rings is 1. The first-order valence-electron chi connectivity index (χ1n) is 10.2. The van der Waals surface area contributed by atoms with E-state index in [0.29, 0.717) is 5.92 Å². The molecule has 0 amide bonds. The van der Waals surface area contributed by atoms with E-state index in [4.69, 9.17) is 4.74 Å². The van der Waals surface area contributed by atoms with Gasteiger partial charge >= 0.3 is 0 Å². The highest BCUT2D eigenvalue weighted by Crippen LogP contribution is 2.28. The second-order valence-corrected chi connectivity index (χ2v) is 7.90. The first kappa shape index (κ1) is 18.6. The Labute approximate surface area is 162 Å². The SMILES string of the molecule is Cc1ccccc1CN1CCC(c2nnc(CN3CCOCC3)n2C)CC1. The summed E-state index contributed by atoms with van der Waals surface area (Å²) in [7, 11) is 2.13. The topological polar surface area (TPSA) is 46.4 Å². The van der Waals surface area contributed by atoms with E-state index >= 15 is 0 Å². The third-order valence-electron chi connectivity index (χ3n) is 6.08. The van der Waals surface area contributed by atoms with Crippen LogP contribution in [0, 0.1) is 6.92 Å². The summed E-state index contributed by atoms with van der Waals surface area (Å²) in [5, 5.41) is 9.06. The number of piperidine rings is 1. The summed E-state index contributed by atoms with van der Waals surface area (Å²) in [5.74, 6) is 2.76. The lowest BCUT2D eigenvalue weighted by molar-refractivity contribution is 0.0326. The number of likely N-dealkylation sites (tertiary alicyclic amines) is 1. The lowest BCUT2D eigenvalue weighted by Crippen LogP contribution is -2.36. The van der Waals surface area contributed by atoms with Crippen LogP contribution in [0.4, 0.5) is 0 Å². The van der Waals surface area contributed by atoms with Gasteiger partial charge in [0.2, 0.25) is 0 Å². The van der Waals surface area contributed by atoms with Crippen molar-refractivity contribution in [3.63, 3.8) is 0 Å². The van der Waals surface area contributed by atoms with Gasteiger partial charge in [-0.15, -0.1) is 10.2 Å². The number of nitrogens with zero attached hydrogens (tertiary/aromatic N) is 5. The number of benzene rings is 1. The lowest BCUT2D eigenvalue weighted by atomic mass is 9.95. The standard InChI is InChI=1S/C21H31N5O/c1-17-5-3-4-6-19(17)15-25-9-7-18(8-10-25)21-23-22-20(24(21)2)16-26-11-13-27-14-12-26/h3-6,18H,7-16H2,1-2H3. The van der Waals surface area contributed by atoms with Crippen LogP contribution in [0.15, 0.2) is 24.3 Å². The Morgan fingerprint density at radius 2 is 1.67 bits per heavy atom. The third kappa shape index (κ3) is 4.39. The summed E-state index contributed by atoms with van der Waals surface area (Å²) in [4.78, 5) is 4.98. The van der Waals surface area contributed by atoms with Crippen LogP contribution in [-0.2, 0) is 24.9 Å². The molecule has 2 aliphatic heterocycles. The van der Waals surface area contributed by atoms with Crippen LogP contribution in [0.3, 0.4) is 0 Å². The van der Waals surface area contributed by atoms with E-state index in [1.807, 2.05) is 0 Å². The molecule has 2 aromatic rings. The largest absolute Gasteiger partial charge is 0.379 e. The van der Waals surface area contributed by atoms with Crippen molar-refractivity contribution in [1.82, 2.24) is 24.6 Å². The van der Waals surface area contributed by atoms with E-state index in [0.717, 1.165) is 77.0 Å². The molecule has 27 heavy (non-hydrogen) atoms. The minimum atomic E-state index is 0.522. The minimum absolute atomic E-state index is 0.522. The molecule has 0 spiro atoms. The van der Waals surface area contributed by atoms with Gasteiger partial charge < -0.3 is 9.30 Å². The monoisotopic (exact) mass is 369 g/mol. The molecule has 0 radical (unpaired) electrons. The molecule has 2 aliphatic rings. The highest BCUT2D eigenvalue weighted by molar-refractivity contribution is 5.25. The zero-order valence-electron chi connectivity index (χ0n) is 16.6. The van der Waals surface area contributed by atoms with Gasteiger partial charge in [0.05, 0.1) is 19.8 Å². The number of rotatable bonds is 5. The van der Waals surface area contributed by atoms with E-state index in [9.17, 15) is 0 Å². The molecule has 0 atom stereocenters. The molecule has 6 nitrogen and oxygen atoms in total. The van der Waals surface area contributed by atoms with Gasteiger partial charge in [0, 0.05) is 32.6 Å².